The molecule has 0 saturated heterocycles. The molecule has 0 bridgehead atoms. The second-order valence-corrected chi connectivity index (χ2v) is 5.23. The minimum absolute atomic E-state index is 0.194. The second kappa shape index (κ2) is 5.56. The van der Waals surface area contributed by atoms with E-state index < -0.39 is 5.97 Å². The van der Waals surface area contributed by atoms with E-state index in [9.17, 15) is 9.90 Å². The van der Waals surface area contributed by atoms with E-state index in [1.165, 1.54) is 0 Å². The van der Waals surface area contributed by atoms with Gasteiger partial charge in [0.15, 0.2) is 0 Å². The molecule has 0 spiro atoms. The van der Waals surface area contributed by atoms with Crippen LogP contribution in [0.3, 0.4) is 0 Å². The minimum atomic E-state index is -0.992. The number of fused-ring (bicyclic) bond motifs is 1. The summed E-state index contributed by atoms with van der Waals surface area (Å²) in [5.41, 5.74) is 2.73. The standard InChI is InChI=1S/C18H16O4/c1-11-8-16-14(17(18(19)20)12(2)22-16)9-15(11)21-10-13-6-4-3-5-7-13/h3-9H,10H2,1-2H3,(H,19,20). The van der Waals surface area contributed by atoms with Crippen molar-refractivity contribution in [3.05, 3.63) is 64.9 Å². The van der Waals surface area contributed by atoms with E-state index in [-0.39, 0.29) is 5.56 Å². The van der Waals surface area contributed by atoms with E-state index >= 15 is 0 Å². The van der Waals surface area contributed by atoms with Crippen LogP contribution in [0.1, 0.15) is 27.2 Å². The third kappa shape index (κ3) is 2.55. The Morgan fingerprint density at radius 3 is 2.59 bits per heavy atom. The molecule has 0 radical (unpaired) electrons. The zero-order valence-corrected chi connectivity index (χ0v) is 12.4. The Morgan fingerprint density at radius 1 is 1.18 bits per heavy atom. The first kappa shape index (κ1) is 14.2. The van der Waals surface area contributed by atoms with E-state index in [0.29, 0.717) is 29.1 Å². The van der Waals surface area contributed by atoms with Crippen molar-refractivity contribution in [2.24, 2.45) is 0 Å². The molecule has 0 saturated carbocycles. The summed E-state index contributed by atoms with van der Waals surface area (Å²) in [7, 11) is 0. The van der Waals surface area contributed by atoms with Crippen LogP contribution in [0.25, 0.3) is 11.0 Å². The Kier molecular flexibility index (Phi) is 3.59. The molecule has 1 heterocycles. The Balaban J connectivity index is 1.97. The number of hydrogen-bond acceptors (Lipinski definition) is 3. The summed E-state index contributed by atoms with van der Waals surface area (Å²) in [6.07, 6.45) is 0. The molecule has 22 heavy (non-hydrogen) atoms. The van der Waals surface area contributed by atoms with Gasteiger partial charge in [0.05, 0.1) is 0 Å². The molecule has 2 aromatic carbocycles. The molecular weight excluding hydrogens is 280 g/mol. The van der Waals surface area contributed by atoms with E-state index in [2.05, 4.69) is 0 Å². The zero-order valence-electron chi connectivity index (χ0n) is 12.4. The van der Waals surface area contributed by atoms with E-state index in [0.717, 1.165) is 11.1 Å². The number of rotatable bonds is 4. The number of carboxylic acids is 1. The summed E-state index contributed by atoms with van der Waals surface area (Å²) >= 11 is 0. The largest absolute Gasteiger partial charge is 0.489 e. The van der Waals surface area contributed by atoms with Crippen molar-refractivity contribution in [3.8, 4) is 5.75 Å². The monoisotopic (exact) mass is 296 g/mol. The Bertz CT molecular complexity index is 831. The van der Waals surface area contributed by atoms with Crippen LogP contribution in [0.2, 0.25) is 0 Å². The minimum Gasteiger partial charge on any atom is -0.489 e. The molecule has 112 valence electrons. The number of carboxylic acid groups (broad SMARTS) is 1. The number of furan rings is 1. The van der Waals surface area contributed by atoms with E-state index in [1.54, 1.807) is 13.0 Å². The number of ether oxygens (including phenoxy) is 1. The number of hydrogen-bond donors (Lipinski definition) is 1. The van der Waals surface area contributed by atoms with Gasteiger partial charge in [-0.2, -0.15) is 0 Å². The lowest BCUT2D eigenvalue weighted by atomic mass is 10.1. The average Bonchev–Trinajstić information content (AvgIpc) is 2.80. The highest BCUT2D eigenvalue weighted by Gasteiger charge is 2.19. The molecule has 3 rings (SSSR count). The lowest BCUT2D eigenvalue weighted by Crippen LogP contribution is -1.99. The summed E-state index contributed by atoms with van der Waals surface area (Å²) in [6, 6.07) is 13.4. The van der Waals surface area contributed by atoms with Gasteiger partial charge in [-0.15, -0.1) is 0 Å². The summed E-state index contributed by atoms with van der Waals surface area (Å²) in [5, 5.41) is 9.89. The highest BCUT2D eigenvalue weighted by molar-refractivity contribution is 6.04. The molecule has 1 aromatic heterocycles. The van der Waals surface area contributed by atoms with Crippen LogP contribution in [0.4, 0.5) is 0 Å². The van der Waals surface area contributed by atoms with Crippen LogP contribution < -0.4 is 4.74 Å². The molecule has 0 fully saturated rings. The van der Waals surface area contributed by atoms with Crippen LogP contribution in [-0.2, 0) is 6.61 Å². The van der Waals surface area contributed by atoms with Crippen LogP contribution in [0.5, 0.6) is 5.75 Å². The number of aryl methyl sites for hydroxylation is 2. The molecule has 0 aliphatic heterocycles. The molecule has 0 aliphatic rings. The van der Waals surface area contributed by atoms with Gasteiger partial charge in [0, 0.05) is 5.39 Å². The summed E-state index contributed by atoms with van der Waals surface area (Å²) in [5.74, 6) is 0.0795. The van der Waals surface area contributed by atoms with Gasteiger partial charge in [-0.3, -0.25) is 0 Å². The van der Waals surface area contributed by atoms with Gasteiger partial charge in [-0.1, -0.05) is 30.3 Å². The predicted octanol–water partition coefficient (Wildman–Crippen LogP) is 4.33. The fourth-order valence-electron chi connectivity index (χ4n) is 2.50. The topological polar surface area (TPSA) is 59.7 Å². The van der Waals surface area contributed by atoms with Crippen molar-refractivity contribution >= 4 is 16.9 Å². The Morgan fingerprint density at radius 2 is 1.91 bits per heavy atom. The van der Waals surface area contributed by atoms with Crippen molar-refractivity contribution in [1.29, 1.82) is 0 Å². The molecule has 0 unspecified atom stereocenters. The molecule has 3 aromatic rings. The zero-order chi connectivity index (χ0) is 15.7. The number of aromatic carboxylic acids is 1. The van der Waals surface area contributed by atoms with Crippen molar-refractivity contribution in [1.82, 2.24) is 0 Å². The van der Waals surface area contributed by atoms with Gasteiger partial charge in [0.25, 0.3) is 0 Å². The first-order chi connectivity index (χ1) is 10.6. The van der Waals surface area contributed by atoms with Gasteiger partial charge in [0.1, 0.15) is 29.3 Å². The molecule has 0 atom stereocenters. The van der Waals surface area contributed by atoms with Gasteiger partial charge >= 0.3 is 5.97 Å². The molecule has 1 N–H and O–H groups in total. The predicted molar refractivity (Wildman–Crippen MR) is 83.4 cm³/mol. The van der Waals surface area contributed by atoms with E-state index in [1.807, 2.05) is 43.3 Å². The third-order valence-corrected chi connectivity index (χ3v) is 3.61. The van der Waals surface area contributed by atoms with Crippen molar-refractivity contribution in [3.63, 3.8) is 0 Å². The van der Waals surface area contributed by atoms with Crippen LogP contribution >= 0.6 is 0 Å². The van der Waals surface area contributed by atoms with Gasteiger partial charge in [-0.05, 0) is 37.1 Å². The van der Waals surface area contributed by atoms with Gasteiger partial charge in [-0.25, -0.2) is 4.79 Å². The second-order valence-electron chi connectivity index (χ2n) is 5.23. The Labute approximate surface area is 127 Å². The number of carbonyl (C=O) groups is 1. The van der Waals surface area contributed by atoms with Gasteiger partial charge < -0.3 is 14.3 Å². The van der Waals surface area contributed by atoms with Crippen molar-refractivity contribution in [2.75, 3.05) is 0 Å². The number of benzene rings is 2. The summed E-state index contributed by atoms with van der Waals surface area (Å²) in [6.45, 7) is 4.01. The molecule has 0 aliphatic carbocycles. The van der Waals surface area contributed by atoms with Crippen LogP contribution in [0, 0.1) is 13.8 Å². The van der Waals surface area contributed by atoms with Crippen molar-refractivity contribution < 1.29 is 19.1 Å². The van der Waals surface area contributed by atoms with Crippen molar-refractivity contribution in [2.45, 2.75) is 20.5 Å². The van der Waals surface area contributed by atoms with Crippen LogP contribution in [-0.4, -0.2) is 11.1 Å². The highest BCUT2D eigenvalue weighted by Crippen LogP contribution is 2.32. The fraction of sp³-hybridized carbons (Fsp3) is 0.167. The first-order valence-corrected chi connectivity index (χ1v) is 7.00. The average molecular weight is 296 g/mol. The summed E-state index contributed by atoms with van der Waals surface area (Å²) < 4.78 is 11.4. The fourth-order valence-corrected chi connectivity index (χ4v) is 2.50. The SMILES string of the molecule is Cc1cc2oc(C)c(C(=O)O)c2cc1OCc1ccccc1. The smallest absolute Gasteiger partial charge is 0.339 e. The van der Waals surface area contributed by atoms with E-state index in [4.69, 9.17) is 9.15 Å². The molecule has 4 heteroatoms. The van der Waals surface area contributed by atoms with Gasteiger partial charge in [0.2, 0.25) is 0 Å². The van der Waals surface area contributed by atoms with Crippen LogP contribution in [0.15, 0.2) is 46.9 Å². The maximum Gasteiger partial charge on any atom is 0.339 e. The maximum absolute atomic E-state index is 11.4. The molecule has 0 amide bonds. The normalized spacial score (nSPS) is 10.8. The molecular formula is C18H16O4. The molecule has 4 nitrogen and oxygen atoms in total. The maximum atomic E-state index is 11.4. The quantitative estimate of drug-likeness (QED) is 0.778. The highest BCUT2D eigenvalue weighted by atomic mass is 16.5. The first-order valence-electron chi connectivity index (χ1n) is 7.00. The third-order valence-electron chi connectivity index (χ3n) is 3.61. The Hall–Kier alpha value is -2.75. The lowest BCUT2D eigenvalue weighted by Gasteiger charge is -2.09. The lowest BCUT2D eigenvalue weighted by molar-refractivity contribution is 0.0697. The summed E-state index contributed by atoms with van der Waals surface area (Å²) in [4.78, 5) is 11.4.